The third-order valence-corrected chi connectivity index (χ3v) is 4.25. The molecule has 0 saturated carbocycles. The molecule has 1 N–H and O–H groups in total. The number of nitrogens with zero attached hydrogens (tertiary/aromatic N) is 2. The maximum Gasteiger partial charge on any atom is 0.229 e. The number of piperidine rings is 1. The van der Waals surface area contributed by atoms with Gasteiger partial charge in [-0.3, -0.25) is 9.59 Å². The first-order chi connectivity index (χ1) is 9.85. The zero-order valence-corrected chi connectivity index (χ0v) is 13.7. The monoisotopic (exact) mass is 309 g/mol. The fourth-order valence-electron chi connectivity index (χ4n) is 2.45. The predicted molar refractivity (Wildman–Crippen MR) is 84.1 cm³/mol. The second-order valence-electron chi connectivity index (χ2n) is 6.72. The molecule has 0 aromatic carbocycles. The van der Waals surface area contributed by atoms with Gasteiger partial charge >= 0.3 is 0 Å². The zero-order chi connectivity index (χ0) is 15.5. The topological polar surface area (TPSA) is 62.3 Å². The van der Waals surface area contributed by atoms with E-state index >= 15 is 0 Å². The van der Waals surface area contributed by atoms with Crippen LogP contribution in [0.3, 0.4) is 0 Å². The van der Waals surface area contributed by atoms with Crippen molar-refractivity contribution in [2.45, 2.75) is 40.0 Å². The van der Waals surface area contributed by atoms with E-state index in [1.807, 2.05) is 10.3 Å². The van der Waals surface area contributed by atoms with Crippen LogP contribution in [0.2, 0.25) is 0 Å². The minimum Gasteiger partial charge on any atom is -0.343 e. The summed E-state index contributed by atoms with van der Waals surface area (Å²) in [6, 6.07) is 0. The molecule has 1 aromatic heterocycles. The van der Waals surface area contributed by atoms with E-state index in [9.17, 15) is 9.59 Å². The number of carbonyl (C=O) groups excluding carboxylic acids is 2. The number of carbonyl (C=O) groups is 2. The third kappa shape index (κ3) is 4.81. The summed E-state index contributed by atoms with van der Waals surface area (Å²) in [4.78, 5) is 30.2. The molecule has 1 saturated heterocycles. The van der Waals surface area contributed by atoms with Crippen LogP contribution in [0.5, 0.6) is 0 Å². The van der Waals surface area contributed by atoms with Gasteiger partial charge in [0, 0.05) is 37.0 Å². The molecular weight excluding hydrogens is 286 g/mol. The molecular formula is C15H23N3O2S. The van der Waals surface area contributed by atoms with E-state index in [1.54, 1.807) is 6.20 Å². The van der Waals surface area contributed by atoms with Crippen LogP contribution in [0.15, 0.2) is 11.6 Å². The summed E-state index contributed by atoms with van der Waals surface area (Å²) in [7, 11) is 0. The molecule has 0 aliphatic carbocycles. The summed E-state index contributed by atoms with van der Waals surface area (Å²) in [5, 5.41) is 5.32. The number of nitrogens with one attached hydrogen (secondary N) is 1. The largest absolute Gasteiger partial charge is 0.343 e. The van der Waals surface area contributed by atoms with Crippen LogP contribution in [0.25, 0.3) is 0 Å². The summed E-state index contributed by atoms with van der Waals surface area (Å²) in [5.74, 6) is 0.196. The normalized spacial score (nSPS) is 16.8. The number of likely N-dealkylation sites (tertiary alicyclic amines) is 1. The molecule has 1 aromatic rings. The van der Waals surface area contributed by atoms with Crippen LogP contribution in [-0.2, 0) is 9.59 Å². The molecule has 0 bridgehead atoms. The van der Waals surface area contributed by atoms with Gasteiger partial charge in [-0.1, -0.05) is 20.8 Å². The van der Waals surface area contributed by atoms with Gasteiger partial charge in [0.25, 0.3) is 0 Å². The van der Waals surface area contributed by atoms with E-state index in [4.69, 9.17) is 0 Å². The zero-order valence-electron chi connectivity index (χ0n) is 12.9. The van der Waals surface area contributed by atoms with E-state index in [1.165, 1.54) is 11.3 Å². The molecule has 1 fully saturated rings. The van der Waals surface area contributed by atoms with Crippen LogP contribution in [0.1, 0.15) is 40.0 Å². The van der Waals surface area contributed by atoms with Gasteiger partial charge in [0.05, 0.1) is 0 Å². The van der Waals surface area contributed by atoms with Crippen molar-refractivity contribution < 1.29 is 9.59 Å². The highest BCUT2D eigenvalue weighted by atomic mass is 32.1. The smallest absolute Gasteiger partial charge is 0.229 e. The van der Waals surface area contributed by atoms with Gasteiger partial charge in [-0.05, 0) is 18.3 Å². The highest BCUT2D eigenvalue weighted by Crippen LogP contribution is 2.24. The van der Waals surface area contributed by atoms with Crippen molar-refractivity contribution in [2.24, 2.45) is 11.3 Å². The van der Waals surface area contributed by atoms with E-state index in [0.717, 1.165) is 12.8 Å². The van der Waals surface area contributed by atoms with Crippen LogP contribution in [0, 0.1) is 11.3 Å². The minimum absolute atomic E-state index is 0.0101. The first-order valence-corrected chi connectivity index (χ1v) is 8.21. The molecule has 0 unspecified atom stereocenters. The van der Waals surface area contributed by atoms with Crippen molar-refractivity contribution >= 4 is 28.3 Å². The Labute approximate surface area is 129 Å². The molecule has 1 aliphatic heterocycles. The van der Waals surface area contributed by atoms with Crippen LogP contribution < -0.4 is 5.32 Å². The Morgan fingerprint density at radius 2 is 2.05 bits per heavy atom. The lowest BCUT2D eigenvalue weighted by Crippen LogP contribution is -2.42. The summed E-state index contributed by atoms with van der Waals surface area (Å²) in [6.45, 7) is 7.55. The van der Waals surface area contributed by atoms with Gasteiger partial charge in [-0.2, -0.15) is 0 Å². The lowest BCUT2D eigenvalue weighted by Gasteiger charge is -2.33. The highest BCUT2D eigenvalue weighted by molar-refractivity contribution is 7.13. The maximum absolute atomic E-state index is 12.2. The number of rotatable bonds is 3. The second-order valence-corrected chi connectivity index (χ2v) is 7.61. The summed E-state index contributed by atoms with van der Waals surface area (Å²) < 4.78 is 0. The van der Waals surface area contributed by atoms with Crippen LogP contribution in [0.4, 0.5) is 5.13 Å². The molecule has 2 rings (SSSR count). The van der Waals surface area contributed by atoms with Gasteiger partial charge in [0.1, 0.15) is 0 Å². The van der Waals surface area contributed by atoms with Crippen LogP contribution >= 0.6 is 11.3 Å². The fraction of sp³-hybridized carbons (Fsp3) is 0.667. The summed E-state index contributed by atoms with van der Waals surface area (Å²) >= 11 is 1.42. The van der Waals surface area contributed by atoms with Crippen molar-refractivity contribution in [2.75, 3.05) is 18.4 Å². The Morgan fingerprint density at radius 3 is 2.57 bits per heavy atom. The van der Waals surface area contributed by atoms with Gasteiger partial charge in [0.2, 0.25) is 11.8 Å². The molecule has 0 atom stereocenters. The average Bonchev–Trinajstić information content (AvgIpc) is 2.90. The lowest BCUT2D eigenvalue weighted by atomic mass is 9.90. The Kier molecular flexibility index (Phi) is 4.98. The molecule has 0 radical (unpaired) electrons. The van der Waals surface area contributed by atoms with Gasteiger partial charge in [-0.25, -0.2) is 4.98 Å². The quantitative estimate of drug-likeness (QED) is 0.934. The molecule has 5 nitrogen and oxygen atoms in total. The molecule has 2 amide bonds. The number of thiazole rings is 1. The van der Waals surface area contributed by atoms with Gasteiger partial charge in [0.15, 0.2) is 5.13 Å². The number of aromatic nitrogens is 1. The molecule has 0 spiro atoms. The van der Waals surface area contributed by atoms with Gasteiger partial charge < -0.3 is 10.2 Å². The summed E-state index contributed by atoms with van der Waals surface area (Å²) in [5.41, 5.74) is 0.0101. The molecule has 1 aliphatic rings. The van der Waals surface area contributed by atoms with Crippen LogP contribution in [-0.4, -0.2) is 34.8 Å². The first-order valence-electron chi connectivity index (χ1n) is 7.33. The first kappa shape index (κ1) is 15.9. The summed E-state index contributed by atoms with van der Waals surface area (Å²) in [6.07, 6.45) is 3.69. The maximum atomic E-state index is 12.2. The van der Waals surface area contributed by atoms with Crippen molar-refractivity contribution in [3.8, 4) is 0 Å². The van der Waals surface area contributed by atoms with Crippen molar-refractivity contribution in [3.63, 3.8) is 0 Å². The van der Waals surface area contributed by atoms with E-state index in [2.05, 4.69) is 31.1 Å². The van der Waals surface area contributed by atoms with E-state index < -0.39 is 0 Å². The number of anilines is 1. The van der Waals surface area contributed by atoms with Gasteiger partial charge in [-0.15, -0.1) is 11.3 Å². The molecule has 21 heavy (non-hydrogen) atoms. The minimum atomic E-state index is -0.0208. The van der Waals surface area contributed by atoms with Crippen molar-refractivity contribution in [3.05, 3.63) is 11.6 Å². The van der Waals surface area contributed by atoms with E-state index in [-0.39, 0.29) is 23.1 Å². The Bertz CT molecular complexity index is 486. The second kappa shape index (κ2) is 6.56. The standard InChI is InChI=1S/C15H23N3O2S/c1-15(2,3)10-12(19)18-7-4-11(5-8-18)13(20)17-14-16-6-9-21-14/h6,9,11H,4-5,7-8,10H2,1-3H3,(H,16,17,20). The van der Waals surface area contributed by atoms with Crippen molar-refractivity contribution in [1.29, 1.82) is 0 Å². The highest BCUT2D eigenvalue weighted by Gasteiger charge is 2.29. The Morgan fingerprint density at radius 1 is 1.38 bits per heavy atom. The van der Waals surface area contributed by atoms with E-state index in [0.29, 0.717) is 24.6 Å². The number of hydrogen-bond donors (Lipinski definition) is 1. The molecule has 116 valence electrons. The molecule has 2 heterocycles. The SMILES string of the molecule is CC(C)(C)CC(=O)N1CCC(C(=O)Nc2nccs2)CC1. The average molecular weight is 309 g/mol. The number of amides is 2. The Hall–Kier alpha value is -1.43. The predicted octanol–water partition coefficient (Wildman–Crippen LogP) is 2.76. The lowest BCUT2D eigenvalue weighted by molar-refractivity contribution is -0.136. The Balaban J connectivity index is 1.80. The fourth-order valence-corrected chi connectivity index (χ4v) is 2.98. The number of hydrogen-bond acceptors (Lipinski definition) is 4. The van der Waals surface area contributed by atoms with Crippen molar-refractivity contribution in [1.82, 2.24) is 9.88 Å². The third-order valence-electron chi connectivity index (χ3n) is 3.56. The molecule has 6 heteroatoms.